The van der Waals surface area contributed by atoms with E-state index in [2.05, 4.69) is 10.6 Å². The van der Waals surface area contributed by atoms with E-state index in [1.165, 1.54) is 17.3 Å². The normalized spacial score (nSPS) is 10.2. The molecule has 0 atom stereocenters. The van der Waals surface area contributed by atoms with Crippen molar-refractivity contribution in [2.75, 3.05) is 24.7 Å². The minimum atomic E-state index is -0.294. The Kier molecular flexibility index (Phi) is 6.89. The zero-order valence-electron chi connectivity index (χ0n) is 14.6. The molecule has 0 aliphatic rings. The first-order valence-corrected chi connectivity index (χ1v) is 8.87. The summed E-state index contributed by atoms with van der Waals surface area (Å²) in [5.74, 6) is 0.374. The molecule has 132 valence electrons. The molecule has 0 unspecified atom stereocenters. The topological polar surface area (TPSA) is 67.4 Å². The Balaban J connectivity index is 1.78. The number of hydrogen-bond acceptors (Lipinski definition) is 4. The molecule has 0 saturated carbocycles. The SMILES string of the molecule is COc1ccc(C)cc1NC(=O)CNC(=O)CSc1ccc(C)cc1. The molecule has 0 fully saturated rings. The smallest absolute Gasteiger partial charge is 0.243 e. The lowest BCUT2D eigenvalue weighted by molar-refractivity contribution is -0.122. The molecule has 0 spiro atoms. The molecule has 0 radical (unpaired) electrons. The van der Waals surface area contributed by atoms with Gasteiger partial charge in [-0.15, -0.1) is 11.8 Å². The molecular weight excluding hydrogens is 336 g/mol. The van der Waals surface area contributed by atoms with Gasteiger partial charge in [0.15, 0.2) is 0 Å². The van der Waals surface area contributed by atoms with E-state index in [1.54, 1.807) is 13.2 Å². The number of carbonyl (C=O) groups excluding carboxylic acids is 2. The fourth-order valence-electron chi connectivity index (χ4n) is 2.13. The van der Waals surface area contributed by atoms with E-state index in [4.69, 9.17) is 4.74 Å². The van der Waals surface area contributed by atoms with Crippen LogP contribution in [0.3, 0.4) is 0 Å². The van der Waals surface area contributed by atoms with E-state index in [9.17, 15) is 9.59 Å². The largest absolute Gasteiger partial charge is 0.495 e. The molecule has 0 saturated heterocycles. The van der Waals surface area contributed by atoms with Gasteiger partial charge in [-0.2, -0.15) is 0 Å². The number of rotatable bonds is 7. The standard InChI is InChI=1S/C19H22N2O3S/c1-13-4-7-15(8-5-13)25-12-19(23)20-11-18(22)21-16-10-14(2)6-9-17(16)24-3/h4-10H,11-12H2,1-3H3,(H,20,23)(H,21,22). The van der Waals surface area contributed by atoms with Gasteiger partial charge in [0, 0.05) is 4.90 Å². The maximum Gasteiger partial charge on any atom is 0.243 e. The molecule has 0 bridgehead atoms. The maximum absolute atomic E-state index is 12.0. The molecule has 0 aliphatic carbocycles. The molecule has 2 aromatic rings. The van der Waals surface area contributed by atoms with Gasteiger partial charge in [-0.25, -0.2) is 0 Å². The van der Waals surface area contributed by atoms with Gasteiger partial charge in [-0.1, -0.05) is 23.8 Å². The van der Waals surface area contributed by atoms with Gasteiger partial charge in [0.2, 0.25) is 11.8 Å². The number of nitrogens with one attached hydrogen (secondary N) is 2. The van der Waals surface area contributed by atoms with Gasteiger partial charge in [0.25, 0.3) is 0 Å². The molecule has 2 rings (SSSR count). The van der Waals surface area contributed by atoms with E-state index in [0.29, 0.717) is 11.4 Å². The summed E-state index contributed by atoms with van der Waals surface area (Å²) < 4.78 is 5.22. The lowest BCUT2D eigenvalue weighted by Gasteiger charge is -2.11. The van der Waals surface area contributed by atoms with E-state index < -0.39 is 0 Å². The average Bonchev–Trinajstić information content (AvgIpc) is 2.59. The lowest BCUT2D eigenvalue weighted by Crippen LogP contribution is -2.34. The van der Waals surface area contributed by atoms with Crippen LogP contribution in [-0.4, -0.2) is 31.2 Å². The van der Waals surface area contributed by atoms with Crippen LogP contribution < -0.4 is 15.4 Å². The monoisotopic (exact) mass is 358 g/mol. The first-order chi connectivity index (χ1) is 12.0. The van der Waals surface area contributed by atoms with Crippen molar-refractivity contribution in [3.63, 3.8) is 0 Å². The lowest BCUT2D eigenvalue weighted by atomic mass is 10.2. The van der Waals surface area contributed by atoms with Crippen LogP contribution in [-0.2, 0) is 9.59 Å². The third-order valence-electron chi connectivity index (χ3n) is 3.47. The number of anilines is 1. The second-order valence-corrected chi connectivity index (χ2v) is 6.68. The van der Waals surface area contributed by atoms with Crippen LogP contribution in [0.4, 0.5) is 5.69 Å². The summed E-state index contributed by atoms with van der Waals surface area (Å²) in [5.41, 5.74) is 2.78. The van der Waals surface area contributed by atoms with E-state index >= 15 is 0 Å². The molecular formula is C19H22N2O3S. The van der Waals surface area contributed by atoms with Crippen LogP contribution in [0, 0.1) is 13.8 Å². The highest BCUT2D eigenvalue weighted by Crippen LogP contribution is 2.25. The zero-order valence-corrected chi connectivity index (χ0v) is 15.4. The Hall–Kier alpha value is -2.47. The Labute approximate surface area is 152 Å². The maximum atomic E-state index is 12.0. The number of aryl methyl sites for hydroxylation is 2. The van der Waals surface area contributed by atoms with Crippen molar-refractivity contribution < 1.29 is 14.3 Å². The molecule has 2 amide bonds. The minimum absolute atomic E-state index is 0.0790. The van der Waals surface area contributed by atoms with Crippen LogP contribution in [0.25, 0.3) is 0 Å². The summed E-state index contributed by atoms with van der Waals surface area (Å²) in [6.45, 7) is 3.87. The number of hydrogen-bond donors (Lipinski definition) is 2. The fourth-order valence-corrected chi connectivity index (χ4v) is 2.86. The van der Waals surface area contributed by atoms with Gasteiger partial charge in [0.1, 0.15) is 5.75 Å². The summed E-state index contributed by atoms with van der Waals surface area (Å²) in [6, 6.07) is 13.5. The van der Waals surface area contributed by atoms with Crippen molar-refractivity contribution >= 4 is 29.3 Å². The second kappa shape index (κ2) is 9.13. The van der Waals surface area contributed by atoms with E-state index in [1.807, 2.05) is 50.2 Å². The van der Waals surface area contributed by atoms with E-state index in [0.717, 1.165) is 10.5 Å². The fraction of sp³-hybridized carbons (Fsp3) is 0.263. The summed E-state index contributed by atoms with van der Waals surface area (Å²) in [5, 5.41) is 5.38. The molecule has 5 nitrogen and oxygen atoms in total. The van der Waals surface area contributed by atoms with Crippen LogP contribution in [0.5, 0.6) is 5.75 Å². The van der Waals surface area contributed by atoms with Gasteiger partial charge >= 0.3 is 0 Å². The number of methoxy groups -OCH3 is 1. The van der Waals surface area contributed by atoms with Crippen molar-refractivity contribution in [1.29, 1.82) is 0 Å². The predicted molar refractivity (Wildman–Crippen MR) is 101 cm³/mol. The number of benzene rings is 2. The minimum Gasteiger partial charge on any atom is -0.495 e. The summed E-state index contributed by atoms with van der Waals surface area (Å²) in [6.07, 6.45) is 0. The number of thioether (sulfide) groups is 1. The Morgan fingerprint density at radius 3 is 2.36 bits per heavy atom. The number of amides is 2. The highest BCUT2D eigenvalue weighted by atomic mass is 32.2. The Morgan fingerprint density at radius 1 is 1.00 bits per heavy atom. The first-order valence-electron chi connectivity index (χ1n) is 7.88. The van der Waals surface area contributed by atoms with Crippen LogP contribution in [0.15, 0.2) is 47.4 Å². The summed E-state index contributed by atoms with van der Waals surface area (Å²) >= 11 is 1.44. The van der Waals surface area contributed by atoms with E-state index in [-0.39, 0.29) is 24.1 Å². The van der Waals surface area contributed by atoms with Crippen LogP contribution in [0.1, 0.15) is 11.1 Å². The summed E-state index contributed by atoms with van der Waals surface area (Å²) in [7, 11) is 1.55. The quantitative estimate of drug-likeness (QED) is 0.746. The third kappa shape index (κ3) is 6.15. The van der Waals surface area contributed by atoms with Crippen molar-refractivity contribution in [3.8, 4) is 5.75 Å². The van der Waals surface area contributed by atoms with Crippen molar-refractivity contribution in [1.82, 2.24) is 5.32 Å². The van der Waals surface area contributed by atoms with Crippen LogP contribution in [0.2, 0.25) is 0 Å². The first kappa shape index (κ1) is 18.9. The van der Waals surface area contributed by atoms with Crippen molar-refractivity contribution in [3.05, 3.63) is 53.6 Å². The molecule has 2 N–H and O–H groups in total. The molecule has 0 aliphatic heterocycles. The van der Waals surface area contributed by atoms with Crippen molar-refractivity contribution in [2.24, 2.45) is 0 Å². The molecule has 25 heavy (non-hydrogen) atoms. The molecule has 0 heterocycles. The van der Waals surface area contributed by atoms with Gasteiger partial charge < -0.3 is 15.4 Å². The molecule has 2 aromatic carbocycles. The zero-order chi connectivity index (χ0) is 18.2. The van der Waals surface area contributed by atoms with Gasteiger partial charge in [-0.3, -0.25) is 9.59 Å². The number of carbonyl (C=O) groups is 2. The highest BCUT2D eigenvalue weighted by Gasteiger charge is 2.10. The predicted octanol–water partition coefficient (Wildman–Crippen LogP) is 3.16. The molecule has 0 aromatic heterocycles. The molecule has 6 heteroatoms. The Morgan fingerprint density at radius 2 is 1.68 bits per heavy atom. The third-order valence-corrected chi connectivity index (χ3v) is 4.48. The summed E-state index contributed by atoms with van der Waals surface area (Å²) in [4.78, 5) is 24.9. The second-order valence-electron chi connectivity index (χ2n) is 5.63. The average molecular weight is 358 g/mol. The van der Waals surface area contributed by atoms with Crippen LogP contribution >= 0.6 is 11.8 Å². The van der Waals surface area contributed by atoms with Crippen molar-refractivity contribution in [2.45, 2.75) is 18.7 Å². The van der Waals surface area contributed by atoms with Gasteiger partial charge in [-0.05, 0) is 43.7 Å². The Bertz CT molecular complexity index is 745. The number of ether oxygens (including phenoxy) is 1. The highest BCUT2D eigenvalue weighted by molar-refractivity contribution is 8.00. The van der Waals surface area contributed by atoms with Gasteiger partial charge in [0.05, 0.1) is 25.1 Å².